The topological polar surface area (TPSA) is 0 Å². The van der Waals surface area contributed by atoms with Crippen molar-refractivity contribution in [3.63, 3.8) is 0 Å². The van der Waals surface area contributed by atoms with E-state index in [-0.39, 0.29) is 12.5 Å². The van der Waals surface area contributed by atoms with Gasteiger partial charge in [-0.2, -0.15) is 0 Å². The van der Waals surface area contributed by atoms with E-state index < -0.39 is 0 Å². The summed E-state index contributed by atoms with van der Waals surface area (Å²) in [6.45, 7) is 1.81. The van der Waals surface area contributed by atoms with Gasteiger partial charge in [-0.05, 0) is 43.4 Å². The maximum Gasteiger partial charge on any atom is 0.131 e. The molecule has 2 rings (SSSR count). The highest BCUT2D eigenvalue weighted by Crippen LogP contribution is 2.24. The lowest BCUT2D eigenvalue weighted by atomic mass is 9.99. The average Bonchev–Trinajstić information content (AvgIpc) is 2.52. The molecular weight excluding hydrogens is 278 g/mol. The molecule has 0 atom stereocenters. The lowest BCUT2D eigenvalue weighted by Gasteiger charge is -2.07. The molecule has 0 saturated heterocycles. The Morgan fingerprint density at radius 2 is 1.50 bits per heavy atom. The summed E-state index contributed by atoms with van der Waals surface area (Å²) in [4.78, 5) is 0. The molecule has 0 aliphatic carbocycles. The van der Waals surface area contributed by atoms with Crippen LogP contribution in [0.1, 0.15) is 43.2 Å². The maximum atomic E-state index is 14.3. The predicted molar refractivity (Wildman–Crippen MR) is 89.3 cm³/mol. The summed E-state index contributed by atoms with van der Waals surface area (Å²) in [5.74, 6) is -0.154. The van der Waals surface area contributed by atoms with Crippen LogP contribution in [-0.4, -0.2) is 6.67 Å². The first-order valence-electron chi connectivity index (χ1n) is 8.12. The van der Waals surface area contributed by atoms with E-state index in [0.29, 0.717) is 12.0 Å². The highest BCUT2D eigenvalue weighted by Gasteiger charge is 2.06. The molecule has 0 bridgehead atoms. The normalized spacial score (nSPS) is 10.9. The summed E-state index contributed by atoms with van der Waals surface area (Å²) in [5, 5.41) is 0. The van der Waals surface area contributed by atoms with Crippen molar-refractivity contribution in [3.8, 4) is 11.1 Å². The number of benzene rings is 2. The van der Waals surface area contributed by atoms with Gasteiger partial charge >= 0.3 is 0 Å². The monoisotopic (exact) mass is 302 g/mol. The van der Waals surface area contributed by atoms with Gasteiger partial charge in [-0.1, -0.05) is 61.2 Å². The second kappa shape index (κ2) is 8.67. The van der Waals surface area contributed by atoms with Crippen LogP contribution in [0.25, 0.3) is 11.1 Å². The molecule has 0 fully saturated rings. The molecule has 0 radical (unpaired) electrons. The van der Waals surface area contributed by atoms with Gasteiger partial charge in [-0.25, -0.2) is 4.39 Å². The van der Waals surface area contributed by atoms with Gasteiger partial charge in [0, 0.05) is 5.56 Å². The quantitative estimate of drug-likeness (QED) is 0.505. The highest BCUT2D eigenvalue weighted by atomic mass is 19.1. The molecule has 0 aliphatic heterocycles. The number of aryl methyl sites for hydroxylation is 2. The number of unbranched alkanes of at least 4 members (excludes halogenated alkanes) is 4. The third-order valence-electron chi connectivity index (χ3n) is 4.00. The molecule has 118 valence electrons. The first kappa shape index (κ1) is 16.7. The average molecular weight is 302 g/mol. The number of hydrogen-bond acceptors (Lipinski definition) is 0. The Hall–Kier alpha value is -1.70. The number of rotatable bonds is 8. The Bertz CT molecular complexity index is 573. The van der Waals surface area contributed by atoms with Crippen LogP contribution in [0.15, 0.2) is 42.5 Å². The molecule has 0 amide bonds. The van der Waals surface area contributed by atoms with Crippen molar-refractivity contribution in [1.82, 2.24) is 0 Å². The fourth-order valence-electron chi connectivity index (χ4n) is 2.64. The molecule has 0 N–H and O–H groups in total. The molecule has 0 aromatic heterocycles. The zero-order valence-corrected chi connectivity index (χ0v) is 13.2. The van der Waals surface area contributed by atoms with E-state index in [1.165, 1.54) is 5.56 Å². The molecule has 0 aliphatic rings. The molecular formula is C20H24F2. The lowest BCUT2D eigenvalue weighted by molar-refractivity contribution is 0.451. The standard InChI is InChI=1S/C20H24F2/c1-16-8-11-18(12-9-16)19-13-10-17(15-20(19)22)7-5-3-2-4-6-14-21/h8-13,15H,2-7,14H2,1H3. The van der Waals surface area contributed by atoms with Crippen LogP contribution < -0.4 is 0 Å². The minimum Gasteiger partial charge on any atom is -0.251 e. The SMILES string of the molecule is Cc1ccc(-c2ccc(CCCCCCCF)cc2F)cc1. The van der Waals surface area contributed by atoms with Crippen molar-refractivity contribution < 1.29 is 8.78 Å². The van der Waals surface area contributed by atoms with Crippen molar-refractivity contribution in [2.24, 2.45) is 0 Å². The number of hydrogen-bond donors (Lipinski definition) is 0. The van der Waals surface area contributed by atoms with E-state index in [1.54, 1.807) is 6.07 Å². The van der Waals surface area contributed by atoms with Crippen LogP contribution in [0.3, 0.4) is 0 Å². The van der Waals surface area contributed by atoms with Crippen LogP contribution in [0.5, 0.6) is 0 Å². The fraction of sp³-hybridized carbons (Fsp3) is 0.400. The molecule has 2 heteroatoms. The minimum absolute atomic E-state index is 0.154. The van der Waals surface area contributed by atoms with Gasteiger partial charge in [-0.3, -0.25) is 4.39 Å². The molecule has 0 saturated carbocycles. The van der Waals surface area contributed by atoms with E-state index in [0.717, 1.165) is 43.2 Å². The predicted octanol–water partition coefficient (Wildman–Crippen LogP) is 6.26. The van der Waals surface area contributed by atoms with Crippen molar-refractivity contribution in [2.45, 2.75) is 45.4 Å². The zero-order chi connectivity index (χ0) is 15.8. The molecule has 0 unspecified atom stereocenters. The second-order valence-electron chi connectivity index (χ2n) is 5.89. The number of halogens is 2. The van der Waals surface area contributed by atoms with Crippen LogP contribution >= 0.6 is 0 Å². The van der Waals surface area contributed by atoms with Crippen molar-refractivity contribution in [2.75, 3.05) is 6.67 Å². The molecule has 22 heavy (non-hydrogen) atoms. The largest absolute Gasteiger partial charge is 0.251 e. The highest BCUT2D eigenvalue weighted by molar-refractivity contribution is 5.64. The van der Waals surface area contributed by atoms with Gasteiger partial charge < -0.3 is 0 Å². The number of alkyl halides is 1. The third kappa shape index (κ3) is 4.94. The summed E-state index contributed by atoms with van der Waals surface area (Å²) >= 11 is 0. The third-order valence-corrected chi connectivity index (χ3v) is 4.00. The zero-order valence-electron chi connectivity index (χ0n) is 13.2. The summed E-state index contributed by atoms with van der Waals surface area (Å²) in [6, 6.07) is 13.5. The molecule has 0 spiro atoms. The van der Waals surface area contributed by atoms with E-state index in [4.69, 9.17) is 0 Å². The maximum absolute atomic E-state index is 14.3. The van der Waals surface area contributed by atoms with Gasteiger partial charge in [-0.15, -0.1) is 0 Å². The summed E-state index contributed by atoms with van der Waals surface area (Å²) in [7, 11) is 0. The summed E-state index contributed by atoms with van der Waals surface area (Å²) in [6.07, 6.45) is 5.70. The Morgan fingerprint density at radius 1 is 0.818 bits per heavy atom. The molecule has 2 aromatic carbocycles. The van der Waals surface area contributed by atoms with E-state index >= 15 is 0 Å². The van der Waals surface area contributed by atoms with Gasteiger partial charge in [0.2, 0.25) is 0 Å². The van der Waals surface area contributed by atoms with E-state index in [1.807, 2.05) is 43.3 Å². The van der Waals surface area contributed by atoms with Crippen LogP contribution in [0.2, 0.25) is 0 Å². The van der Waals surface area contributed by atoms with Crippen LogP contribution in [-0.2, 0) is 6.42 Å². The second-order valence-corrected chi connectivity index (χ2v) is 5.89. The Balaban J connectivity index is 1.91. The Labute approximate surface area is 132 Å². The first-order valence-corrected chi connectivity index (χ1v) is 8.12. The molecule has 2 aromatic rings. The van der Waals surface area contributed by atoms with Crippen molar-refractivity contribution in [1.29, 1.82) is 0 Å². The lowest BCUT2D eigenvalue weighted by Crippen LogP contribution is -1.91. The molecule has 0 heterocycles. The fourth-order valence-corrected chi connectivity index (χ4v) is 2.64. The van der Waals surface area contributed by atoms with Gasteiger partial charge in [0.25, 0.3) is 0 Å². The summed E-state index contributed by atoms with van der Waals surface area (Å²) < 4.78 is 26.2. The summed E-state index contributed by atoms with van der Waals surface area (Å²) in [5.41, 5.74) is 3.79. The Kier molecular flexibility index (Phi) is 6.57. The molecule has 0 nitrogen and oxygen atoms in total. The van der Waals surface area contributed by atoms with E-state index in [9.17, 15) is 8.78 Å². The van der Waals surface area contributed by atoms with Crippen molar-refractivity contribution >= 4 is 0 Å². The minimum atomic E-state index is -0.217. The van der Waals surface area contributed by atoms with Crippen molar-refractivity contribution in [3.05, 3.63) is 59.4 Å². The first-order chi connectivity index (χ1) is 10.7. The smallest absolute Gasteiger partial charge is 0.131 e. The van der Waals surface area contributed by atoms with Gasteiger partial charge in [0.15, 0.2) is 0 Å². The van der Waals surface area contributed by atoms with Gasteiger partial charge in [0.05, 0.1) is 6.67 Å². The van der Waals surface area contributed by atoms with Crippen LogP contribution in [0.4, 0.5) is 8.78 Å². The Morgan fingerprint density at radius 3 is 2.18 bits per heavy atom. The van der Waals surface area contributed by atoms with Gasteiger partial charge in [0.1, 0.15) is 5.82 Å². The van der Waals surface area contributed by atoms with E-state index in [2.05, 4.69) is 0 Å². The van der Waals surface area contributed by atoms with Crippen LogP contribution in [0, 0.1) is 12.7 Å².